The Kier molecular flexibility index (Phi) is 5.86. The lowest BCUT2D eigenvalue weighted by Gasteiger charge is -2.19. The van der Waals surface area contributed by atoms with Gasteiger partial charge in [-0.05, 0) is 17.4 Å². The number of rotatable bonds is 8. The summed E-state index contributed by atoms with van der Waals surface area (Å²) in [6, 6.07) is 0.995. The maximum absolute atomic E-state index is 11.9. The number of carbonyl (C=O) groups is 2. The molecule has 0 aromatic carbocycles. The fourth-order valence-electron chi connectivity index (χ4n) is 2.01. The maximum atomic E-state index is 11.9. The van der Waals surface area contributed by atoms with E-state index in [2.05, 4.69) is 15.5 Å². The van der Waals surface area contributed by atoms with Crippen LogP contribution < -0.4 is 5.32 Å². The Morgan fingerprint density at radius 2 is 2.22 bits per heavy atom. The molecule has 0 bridgehead atoms. The van der Waals surface area contributed by atoms with E-state index < -0.39 is 12.0 Å². The van der Waals surface area contributed by atoms with Gasteiger partial charge in [0.2, 0.25) is 17.7 Å². The molecule has 0 spiro atoms. The summed E-state index contributed by atoms with van der Waals surface area (Å²) in [5, 5.41) is 23.3. The minimum Gasteiger partial charge on any atom is -0.480 e. The maximum Gasteiger partial charge on any atom is 0.326 e. The standard InChI is InChI=1S/C15H19N3O4S/c1-3-9(2)13(15(20)21)16-11(19)4-5-12-17-18-14(22-12)10-6-7-23-8-10/h6-9,13H,3-5H2,1-2H3,(H,16,19)(H,20,21)/t9-,13-/m0/s1. The average molecular weight is 337 g/mol. The molecule has 0 aliphatic heterocycles. The third-order valence-electron chi connectivity index (χ3n) is 3.60. The van der Waals surface area contributed by atoms with E-state index in [0.717, 1.165) is 5.56 Å². The predicted molar refractivity (Wildman–Crippen MR) is 85.0 cm³/mol. The Labute approximate surface area is 137 Å². The van der Waals surface area contributed by atoms with Gasteiger partial charge in [-0.25, -0.2) is 4.79 Å². The Balaban J connectivity index is 1.88. The van der Waals surface area contributed by atoms with Crippen LogP contribution in [-0.4, -0.2) is 33.2 Å². The highest BCUT2D eigenvalue weighted by Gasteiger charge is 2.25. The first kappa shape index (κ1) is 17.1. The molecule has 0 radical (unpaired) electrons. The van der Waals surface area contributed by atoms with Crippen LogP contribution in [0.5, 0.6) is 0 Å². The van der Waals surface area contributed by atoms with Crippen molar-refractivity contribution < 1.29 is 19.1 Å². The Hall–Kier alpha value is -2.22. The summed E-state index contributed by atoms with van der Waals surface area (Å²) >= 11 is 1.53. The first-order valence-corrected chi connectivity index (χ1v) is 8.32. The van der Waals surface area contributed by atoms with E-state index in [-0.39, 0.29) is 24.7 Å². The van der Waals surface area contributed by atoms with Gasteiger partial charge in [0.05, 0.1) is 0 Å². The van der Waals surface area contributed by atoms with Gasteiger partial charge in [-0.1, -0.05) is 20.3 Å². The van der Waals surface area contributed by atoms with Crippen molar-refractivity contribution in [3.8, 4) is 11.5 Å². The number of carboxylic acid groups (broad SMARTS) is 1. The molecule has 23 heavy (non-hydrogen) atoms. The number of thiophene rings is 1. The predicted octanol–water partition coefficient (Wildman–Crippen LogP) is 2.35. The summed E-state index contributed by atoms with van der Waals surface area (Å²) in [6.45, 7) is 3.68. The second-order valence-electron chi connectivity index (χ2n) is 5.28. The molecule has 2 aromatic heterocycles. The Bertz CT molecular complexity index is 653. The SMILES string of the molecule is CC[C@H](C)[C@H](NC(=O)CCc1nnc(-c2ccsc2)o1)C(=O)O. The van der Waals surface area contributed by atoms with E-state index in [4.69, 9.17) is 9.52 Å². The van der Waals surface area contributed by atoms with Gasteiger partial charge < -0.3 is 14.8 Å². The van der Waals surface area contributed by atoms with Crippen molar-refractivity contribution in [2.45, 2.75) is 39.2 Å². The molecule has 2 N–H and O–H groups in total. The Morgan fingerprint density at radius 3 is 2.83 bits per heavy atom. The smallest absolute Gasteiger partial charge is 0.326 e. The molecule has 0 aliphatic carbocycles. The molecule has 2 aromatic rings. The highest BCUT2D eigenvalue weighted by Crippen LogP contribution is 2.20. The molecule has 124 valence electrons. The third-order valence-corrected chi connectivity index (χ3v) is 4.28. The number of aryl methyl sites for hydroxylation is 1. The zero-order chi connectivity index (χ0) is 16.8. The molecule has 8 heteroatoms. The van der Waals surface area contributed by atoms with Crippen molar-refractivity contribution in [1.82, 2.24) is 15.5 Å². The zero-order valence-electron chi connectivity index (χ0n) is 13.0. The highest BCUT2D eigenvalue weighted by molar-refractivity contribution is 7.08. The lowest BCUT2D eigenvalue weighted by molar-refractivity contribution is -0.143. The van der Waals surface area contributed by atoms with Crippen LogP contribution in [0.15, 0.2) is 21.2 Å². The van der Waals surface area contributed by atoms with E-state index >= 15 is 0 Å². The Morgan fingerprint density at radius 1 is 1.43 bits per heavy atom. The lowest BCUT2D eigenvalue weighted by Crippen LogP contribution is -2.45. The van der Waals surface area contributed by atoms with Gasteiger partial charge in [-0.2, -0.15) is 11.3 Å². The number of hydrogen-bond acceptors (Lipinski definition) is 6. The van der Waals surface area contributed by atoms with Crippen LogP contribution in [0.25, 0.3) is 11.5 Å². The summed E-state index contributed by atoms with van der Waals surface area (Å²) in [4.78, 5) is 23.1. The molecule has 2 atom stereocenters. The number of aliphatic carboxylic acids is 1. The van der Waals surface area contributed by atoms with Crippen LogP contribution in [0.1, 0.15) is 32.6 Å². The number of amides is 1. The van der Waals surface area contributed by atoms with Crippen LogP contribution in [-0.2, 0) is 16.0 Å². The molecule has 1 amide bonds. The topological polar surface area (TPSA) is 105 Å². The fourth-order valence-corrected chi connectivity index (χ4v) is 2.64. The van der Waals surface area contributed by atoms with Gasteiger partial charge in [-0.15, -0.1) is 10.2 Å². The van der Waals surface area contributed by atoms with Crippen molar-refractivity contribution in [3.05, 3.63) is 22.7 Å². The number of hydrogen-bond donors (Lipinski definition) is 2. The number of carbonyl (C=O) groups excluding carboxylic acids is 1. The van der Waals surface area contributed by atoms with Crippen LogP contribution in [0.3, 0.4) is 0 Å². The zero-order valence-corrected chi connectivity index (χ0v) is 13.8. The number of nitrogens with one attached hydrogen (secondary N) is 1. The first-order valence-electron chi connectivity index (χ1n) is 7.38. The fraction of sp³-hybridized carbons (Fsp3) is 0.467. The molecule has 0 saturated heterocycles. The van der Waals surface area contributed by atoms with Gasteiger partial charge in [-0.3, -0.25) is 4.79 Å². The minimum absolute atomic E-state index is 0.103. The highest BCUT2D eigenvalue weighted by atomic mass is 32.1. The van der Waals surface area contributed by atoms with Crippen molar-refractivity contribution in [3.63, 3.8) is 0 Å². The normalized spacial score (nSPS) is 13.5. The van der Waals surface area contributed by atoms with E-state index in [1.165, 1.54) is 11.3 Å². The van der Waals surface area contributed by atoms with Crippen molar-refractivity contribution in [1.29, 1.82) is 0 Å². The van der Waals surface area contributed by atoms with Crippen molar-refractivity contribution in [2.75, 3.05) is 0 Å². The van der Waals surface area contributed by atoms with Crippen LogP contribution in [0.4, 0.5) is 0 Å². The van der Waals surface area contributed by atoms with Crippen LogP contribution in [0, 0.1) is 5.92 Å². The van der Waals surface area contributed by atoms with Gasteiger partial charge >= 0.3 is 5.97 Å². The summed E-state index contributed by atoms with van der Waals surface area (Å²) < 4.78 is 5.49. The molecule has 0 aliphatic rings. The van der Waals surface area contributed by atoms with Crippen LogP contribution in [0.2, 0.25) is 0 Å². The molecule has 0 fully saturated rings. The molecular weight excluding hydrogens is 318 g/mol. The van der Waals surface area contributed by atoms with Gasteiger partial charge in [0.25, 0.3) is 0 Å². The van der Waals surface area contributed by atoms with Crippen LogP contribution >= 0.6 is 11.3 Å². The quantitative estimate of drug-likeness (QED) is 0.766. The number of aromatic nitrogens is 2. The second kappa shape index (κ2) is 7.87. The average Bonchev–Trinajstić information content (AvgIpc) is 3.20. The van der Waals surface area contributed by atoms with E-state index in [1.54, 1.807) is 6.92 Å². The van der Waals surface area contributed by atoms with Gasteiger partial charge in [0.15, 0.2) is 0 Å². The lowest BCUT2D eigenvalue weighted by atomic mass is 9.99. The second-order valence-corrected chi connectivity index (χ2v) is 6.06. The van der Waals surface area contributed by atoms with E-state index in [0.29, 0.717) is 18.2 Å². The number of nitrogens with zero attached hydrogens (tertiary/aromatic N) is 2. The summed E-state index contributed by atoms with van der Waals surface area (Å²) in [7, 11) is 0. The van der Waals surface area contributed by atoms with Crippen molar-refractivity contribution in [2.24, 2.45) is 5.92 Å². The molecule has 7 nitrogen and oxygen atoms in total. The van der Waals surface area contributed by atoms with Gasteiger partial charge in [0.1, 0.15) is 6.04 Å². The molecular formula is C15H19N3O4S. The number of carboxylic acids is 1. The monoisotopic (exact) mass is 337 g/mol. The summed E-state index contributed by atoms with van der Waals surface area (Å²) in [5.74, 6) is -0.718. The molecule has 0 unspecified atom stereocenters. The summed E-state index contributed by atoms with van der Waals surface area (Å²) in [6.07, 6.45) is 1.05. The summed E-state index contributed by atoms with van der Waals surface area (Å²) in [5.41, 5.74) is 0.848. The van der Waals surface area contributed by atoms with E-state index in [9.17, 15) is 9.59 Å². The first-order chi connectivity index (χ1) is 11.0. The van der Waals surface area contributed by atoms with E-state index in [1.807, 2.05) is 23.8 Å². The third kappa shape index (κ3) is 4.62. The largest absolute Gasteiger partial charge is 0.480 e. The van der Waals surface area contributed by atoms with Gasteiger partial charge in [0, 0.05) is 23.8 Å². The minimum atomic E-state index is -1.02. The molecule has 2 heterocycles. The molecule has 0 saturated carbocycles. The molecule has 2 rings (SSSR count). The van der Waals surface area contributed by atoms with Crippen molar-refractivity contribution >= 4 is 23.2 Å².